The molecule has 1 fully saturated rings. The quantitative estimate of drug-likeness (QED) is 0.446. The van der Waals surface area contributed by atoms with Gasteiger partial charge in [-0.25, -0.2) is 4.79 Å². The molecule has 1 rings (SSSR count). The molecule has 1 heterocycles. The molecule has 0 radical (unpaired) electrons. The molecule has 0 saturated carbocycles. The van der Waals surface area contributed by atoms with Gasteiger partial charge in [-0.1, -0.05) is 0 Å². The summed E-state index contributed by atoms with van der Waals surface area (Å²) in [5.41, 5.74) is 0. The molecule has 0 spiro atoms. The summed E-state index contributed by atoms with van der Waals surface area (Å²) in [4.78, 5) is 57.5. The lowest BCUT2D eigenvalue weighted by molar-refractivity contribution is -0.256. The van der Waals surface area contributed by atoms with Crippen molar-refractivity contribution in [3.05, 3.63) is 0 Å². The molecule has 1 saturated heterocycles. The van der Waals surface area contributed by atoms with Gasteiger partial charge in [-0.3, -0.25) is 24.5 Å². The third-order valence-corrected chi connectivity index (χ3v) is 3.44. The Labute approximate surface area is 160 Å². The van der Waals surface area contributed by atoms with Crippen LogP contribution in [0.4, 0.5) is 4.79 Å². The van der Waals surface area contributed by atoms with Gasteiger partial charge in [-0.05, 0) is 0 Å². The Morgan fingerprint density at radius 2 is 1.29 bits per heavy atom. The molecule has 0 unspecified atom stereocenters. The third kappa shape index (κ3) is 7.02. The Morgan fingerprint density at radius 3 is 1.75 bits per heavy atom. The lowest BCUT2D eigenvalue weighted by Crippen LogP contribution is -2.66. The zero-order valence-electron chi connectivity index (χ0n) is 16.1. The summed E-state index contributed by atoms with van der Waals surface area (Å²) in [5, 5.41) is 2.29. The number of carbonyl (C=O) groups excluding carboxylic acids is 5. The first-order chi connectivity index (χ1) is 13.0. The summed E-state index contributed by atoms with van der Waals surface area (Å²) in [6.45, 7) is 4.05. The van der Waals surface area contributed by atoms with Crippen molar-refractivity contribution in [1.29, 1.82) is 0 Å². The lowest BCUT2D eigenvalue weighted by atomic mass is 9.97. The molecule has 1 N–H and O–H groups in total. The number of alkyl carbamates (subject to hydrolysis) is 1. The fourth-order valence-electron chi connectivity index (χ4n) is 2.52. The van der Waals surface area contributed by atoms with Crippen LogP contribution < -0.4 is 5.32 Å². The van der Waals surface area contributed by atoms with Gasteiger partial charge in [0.05, 0.1) is 7.11 Å². The van der Waals surface area contributed by atoms with E-state index in [2.05, 4.69) is 10.1 Å². The van der Waals surface area contributed by atoms with Crippen molar-refractivity contribution in [2.45, 2.75) is 58.3 Å². The summed E-state index contributed by atoms with van der Waals surface area (Å²) in [7, 11) is 1.10. The van der Waals surface area contributed by atoms with Gasteiger partial charge in [0.2, 0.25) is 0 Å². The highest BCUT2D eigenvalue weighted by atomic mass is 16.7. The molecule has 0 aromatic heterocycles. The highest BCUT2D eigenvalue weighted by Gasteiger charge is 2.52. The largest absolute Gasteiger partial charge is 0.463 e. The van der Waals surface area contributed by atoms with Gasteiger partial charge >= 0.3 is 30.0 Å². The second-order valence-electron chi connectivity index (χ2n) is 5.76. The van der Waals surface area contributed by atoms with Gasteiger partial charge in [-0.15, -0.1) is 0 Å². The number of esters is 4. The molecule has 1 aliphatic heterocycles. The number of ether oxygens (including phenoxy) is 6. The number of carbonyl (C=O) groups is 5. The number of hydrogen-bond donors (Lipinski definition) is 1. The third-order valence-electron chi connectivity index (χ3n) is 3.44. The van der Waals surface area contributed by atoms with Crippen LogP contribution >= 0.6 is 0 Å². The van der Waals surface area contributed by atoms with E-state index in [-0.39, 0.29) is 0 Å². The van der Waals surface area contributed by atoms with Crippen molar-refractivity contribution in [2.24, 2.45) is 0 Å². The maximum Gasteiger partial charge on any atom is 0.408 e. The number of amides is 1. The molecule has 5 atom stereocenters. The summed E-state index contributed by atoms with van der Waals surface area (Å²) in [6, 6.07) is 0. The van der Waals surface area contributed by atoms with Crippen LogP contribution in [0.2, 0.25) is 0 Å². The first-order valence-corrected chi connectivity index (χ1v) is 8.20. The van der Waals surface area contributed by atoms with Crippen molar-refractivity contribution >= 4 is 30.0 Å². The molecule has 0 aromatic rings. The van der Waals surface area contributed by atoms with E-state index >= 15 is 0 Å². The SMILES string of the molecule is COC(=O)N[C@@H]1O[C@H](COC(C)=O)[C@@H](OC(C)=O)[C@H](OC(C)=O)[C@H]1OC(C)=O. The topological polar surface area (TPSA) is 153 Å². The van der Waals surface area contributed by atoms with Crippen molar-refractivity contribution < 1.29 is 52.4 Å². The van der Waals surface area contributed by atoms with Gasteiger partial charge in [0, 0.05) is 27.7 Å². The molecular weight excluding hydrogens is 382 g/mol. The molecule has 1 aliphatic rings. The van der Waals surface area contributed by atoms with Gasteiger partial charge in [-0.2, -0.15) is 0 Å². The first-order valence-electron chi connectivity index (χ1n) is 8.20. The van der Waals surface area contributed by atoms with Crippen molar-refractivity contribution in [1.82, 2.24) is 5.32 Å². The summed E-state index contributed by atoms with van der Waals surface area (Å²) >= 11 is 0. The van der Waals surface area contributed by atoms with Crippen molar-refractivity contribution in [2.75, 3.05) is 13.7 Å². The minimum Gasteiger partial charge on any atom is -0.463 e. The van der Waals surface area contributed by atoms with Gasteiger partial charge < -0.3 is 28.4 Å². The molecule has 28 heavy (non-hydrogen) atoms. The van der Waals surface area contributed by atoms with Crippen LogP contribution in [0.25, 0.3) is 0 Å². The molecule has 158 valence electrons. The standard InChI is InChI=1S/C16H23NO11/c1-7(18)24-6-11-12(25-8(2)19)13(26-9(3)20)14(27-10(4)21)15(28-11)17-16(22)23-5/h11-15H,6H2,1-5H3,(H,17,22)/t11-,12-,13+,14-,15-/m1/s1. The zero-order chi connectivity index (χ0) is 21.4. The maximum atomic E-state index is 11.6. The van der Waals surface area contributed by atoms with E-state index in [0.29, 0.717) is 0 Å². The highest BCUT2D eigenvalue weighted by molar-refractivity contribution is 5.69. The minimum atomic E-state index is -1.38. The minimum absolute atomic E-state index is 0.392. The Bertz CT molecular complexity index is 620. The number of methoxy groups -OCH3 is 1. The molecule has 12 nitrogen and oxygen atoms in total. The molecule has 0 aliphatic carbocycles. The van der Waals surface area contributed by atoms with E-state index in [1.807, 2.05) is 0 Å². The van der Waals surface area contributed by atoms with E-state index in [1.54, 1.807) is 0 Å². The molecule has 0 bridgehead atoms. The van der Waals surface area contributed by atoms with Crippen LogP contribution in [0.15, 0.2) is 0 Å². The monoisotopic (exact) mass is 405 g/mol. The van der Waals surface area contributed by atoms with E-state index in [4.69, 9.17) is 23.7 Å². The number of rotatable bonds is 6. The molecule has 12 heteroatoms. The number of nitrogens with one attached hydrogen (secondary N) is 1. The normalized spacial score (nSPS) is 26.4. The molecular formula is C16H23NO11. The van der Waals surface area contributed by atoms with Crippen LogP contribution in [0, 0.1) is 0 Å². The Hall–Kier alpha value is -2.89. The van der Waals surface area contributed by atoms with E-state index < -0.39 is 67.2 Å². The van der Waals surface area contributed by atoms with Crippen LogP contribution in [0.3, 0.4) is 0 Å². The average Bonchev–Trinajstić information content (AvgIpc) is 2.57. The van der Waals surface area contributed by atoms with Crippen LogP contribution in [0.5, 0.6) is 0 Å². The van der Waals surface area contributed by atoms with Gasteiger partial charge in [0.25, 0.3) is 0 Å². The molecule has 0 aromatic carbocycles. The van der Waals surface area contributed by atoms with Crippen molar-refractivity contribution in [3.8, 4) is 0 Å². The van der Waals surface area contributed by atoms with Gasteiger partial charge in [0.1, 0.15) is 12.7 Å². The van der Waals surface area contributed by atoms with E-state index in [9.17, 15) is 24.0 Å². The van der Waals surface area contributed by atoms with Crippen molar-refractivity contribution in [3.63, 3.8) is 0 Å². The summed E-state index contributed by atoms with van der Waals surface area (Å²) < 4.78 is 30.5. The highest BCUT2D eigenvalue weighted by Crippen LogP contribution is 2.28. The number of hydrogen-bond acceptors (Lipinski definition) is 11. The predicted molar refractivity (Wildman–Crippen MR) is 87.5 cm³/mol. The predicted octanol–water partition coefficient (Wildman–Crippen LogP) is -0.574. The Balaban J connectivity index is 3.30. The van der Waals surface area contributed by atoms with E-state index in [0.717, 1.165) is 34.8 Å². The zero-order valence-corrected chi connectivity index (χ0v) is 16.1. The molecule has 1 amide bonds. The van der Waals surface area contributed by atoms with Gasteiger partial charge in [0.15, 0.2) is 24.5 Å². The average molecular weight is 405 g/mol. The fourth-order valence-corrected chi connectivity index (χ4v) is 2.52. The van der Waals surface area contributed by atoms with E-state index in [1.165, 1.54) is 0 Å². The Morgan fingerprint density at radius 1 is 0.786 bits per heavy atom. The smallest absolute Gasteiger partial charge is 0.408 e. The maximum absolute atomic E-state index is 11.6. The summed E-state index contributed by atoms with van der Waals surface area (Å²) in [5.74, 6) is -2.94. The van der Waals surface area contributed by atoms with Crippen LogP contribution in [-0.2, 0) is 47.6 Å². The second kappa shape index (κ2) is 10.4. The Kier molecular flexibility index (Phi) is 8.64. The summed E-state index contributed by atoms with van der Waals surface area (Å²) in [6.07, 6.45) is -7.46. The first kappa shape index (κ1) is 23.1. The lowest BCUT2D eigenvalue weighted by Gasteiger charge is -2.44. The fraction of sp³-hybridized carbons (Fsp3) is 0.688. The van der Waals surface area contributed by atoms with Crippen LogP contribution in [0.1, 0.15) is 27.7 Å². The second-order valence-corrected chi connectivity index (χ2v) is 5.76. The van der Waals surface area contributed by atoms with Crippen LogP contribution in [-0.4, -0.2) is 74.3 Å².